The van der Waals surface area contributed by atoms with Crippen LogP contribution in [0.1, 0.15) is 11.1 Å². The molecule has 2 rings (SSSR count). The standard InChI is InChI=1S/C12H17NO/c1-13(2)8-12-7-10-5-3-4-6-11(10)9-14-12/h3-6,12H,7-9H2,1-2H3/t12-/m1/s1. The maximum atomic E-state index is 5.77. The van der Waals surface area contributed by atoms with Crippen molar-refractivity contribution in [3.63, 3.8) is 0 Å². The summed E-state index contributed by atoms with van der Waals surface area (Å²) < 4.78 is 5.77. The van der Waals surface area contributed by atoms with Crippen LogP contribution in [0.25, 0.3) is 0 Å². The highest BCUT2D eigenvalue weighted by atomic mass is 16.5. The van der Waals surface area contributed by atoms with Gasteiger partial charge in [0.2, 0.25) is 0 Å². The fraction of sp³-hybridized carbons (Fsp3) is 0.500. The number of fused-ring (bicyclic) bond motifs is 1. The minimum absolute atomic E-state index is 0.361. The van der Waals surface area contributed by atoms with Gasteiger partial charge in [0, 0.05) is 13.0 Å². The number of hydrogen-bond acceptors (Lipinski definition) is 2. The van der Waals surface area contributed by atoms with E-state index in [1.165, 1.54) is 11.1 Å². The molecule has 0 amide bonds. The first kappa shape index (κ1) is 9.69. The molecule has 14 heavy (non-hydrogen) atoms. The highest BCUT2D eigenvalue weighted by Gasteiger charge is 2.18. The Morgan fingerprint density at radius 2 is 2.00 bits per heavy atom. The monoisotopic (exact) mass is 191 g/mol. The molecule has 1 aliphatic rings. The Kier molecular flexibility index (Phi) is 2.85. The lowest BCUT2D eigenvalue weighted by molar-refractivity contribution is 0.0134. The Morgan fingerprint density at radius 1 is 1.29 bits per heavy atom. The first-order chi connectivity index (χ1) is 6.75. The molecule has 1 aliphatic heterocycles. The summed E-state index contributed by atoms with van der Waals surface area (Å²) in [5.41, 5.74) is 2.80. The quantitative estimate of drug-likeness (QED) is 0.705. The number of benzene rings is 1. The molecule has 0 spiro atoms. The van der Waals surface area contributed by atoms with Crippen molar-refractivity contribution in [2.24, 2.45) is 0 Å². The molecule has 1 atom stereocenters. The average Bonchev–Trinajstić information content (AvgIpc) is 2.17. The zero-order valence-electron chi connectivity index (χ0n) is 8.86. The second-order valence-electron chi connectivity index (χ2n) is 4.17. The molecule has 0 aliphatic carbocycles. The van der Waals surface area contributed by atoms with Gasteiger partial charge in [-0.1, -0.05) is 24.3 Å². The van der Waals surface area contributed by atoms with E-state index in [1.54, 1.807) is 0 Å². The van der Waals surface area contributed by atoms with Gasteiger partial charge < -0.3 is 9.64 Å². The normalized spacial score (nSPS) is 20.9. The topological polar surface area (TPSA) is 12.5 Å². The average molecular weight is 191 g/mol. The van der Waals surface area contributed by atoms with Crippen LogP contribution in [0.3, 0.4) is 0 Å². The SMILES string of the molecule is CN(C)C[C@H]1Cc2ccccc2CO1. The molecule has 0 radical (unpaired) electrons. The number of rotatable bonds is 2. The Balaban J connectivity index is 2.06. The van der Waals surface area contributed by atoms with Crippen molar-refractivity contribution in [1.82, 2.24) is 4.90 Å². The van der Waals surface area contributed by atoms with Gasteiger partial charge in [-0.2, -0.15) is 0 Å². The van der Waals surface area contributed by atoms with Crippen molar-refractivity contribution < 1.29 is 4.74 Å². The van der Waals surface area contributed by atoms with Gasteiger partial charge in [-0.3, -0.25) is 0 Å². The summed E-state index contributed by atoms with van der Waals surface area (Å²) >= 11 is 0. The third kappa shape index (κ3) is 2.14. The van der Waals surface area contributed by atoms with Gasteiger partial charge in [0.1, 0.15) is 0 Å². The summed E-state index contributed by atoms with van der Waals surface area (Å²) in [4.78, 5) is 2.18. The molecule has 1 aromatic carbocycles. The van der Waals surface area contributed by atoms with E-state index in [-0.39, 0.29) is 0 Å². The van der Waals surface area contributed by atoms with Crippen LogP contribution in [-0.2, 0) is 17.8 Å². The Morgan fingerprint density at radius 3 is 2.71 bits per heavy atom. The molecule has 2 nitrogen and oxygen atoms in total. The third-order valence-corrected chi connectivity index (χ3v) is 2.61. The van der Waals surface area contributed by atoms with Crippen LogP contribution >= 0.6 is 0 Å². The molecule has 0 fully saturated rings. The molecule has 0 saturated carbocycles. The molecule has 76 valence electrons. The van der Waals surface area contributed by atoms with Crippen molar-refractivity contribution in [3.8, 4) is 0 Å². The van der Waals surface area contributed by atoms with Gasteiger partial charge in [0.05, 0.1) is 12.7 Å². The predicted octanol–water partition coefficient (Wildman–Crippen LogP) is 1.69. The van der Waals surface area contributed by atoms with Gasteiger partial charge >= 0.3 is 0 Å². The maximum absolute atomic E-state index is 5.77. The third-order valence-electron chi connectivity index (χ3n) is 2.61. The Hall–Kier alpha value is -0.860. The molecule has 1 aromatic rings. The molecule has 1 heterocycles. The lowest BCUT2D eigenvalue weighted by Gasteiger charge is -2.27. The lowest BCUT2D eigenvalue weighted by atomic mass is 9.99. The van der Waals surface area contributed by atoms with Crippen LogP contribution in [0.4, 0.5) is 0 Å². The van der Waals surface area contributed by atoms with E-state index in [0.717, 1.165) is 19.6 Å². The molecule has 0 saturated heterocycles. The Labute approximate surface area is 85.5 Å². The second-order valence-corrected chi connectivity index (χ2v) is 4.17. The van der Waals surface area contributed by atoms with Gasteiger partial charge in [-0.25, -0.2) is 0 Å². The summed E-state index contributed by atoms with van der Waals surface area (Å²) in [6.07, 6.45) is 1.41. The van der Waals surface area contributed by atoms with E-state index < -0.39 is 0 Å². The van der Waals surface area contributed by atoms with E-state index in [1.807, 2.05) is 0 Å². The Bertz CT molecular complexity index is 309. The summed E-state index contributed by atoms with van der Waals surface area (Å²) in [6, 6.07) is 8.55. The maximum Gasteiger partial charge on any atom is 0.0746 e. The van der Waals surface area contributed by atoms with E-state index in [0.29, 0.717) is 6.10 Å². The van der Waals surface area contributed by atoms with Crippen LogP contribution in [-0.4, -0.2) is 31.6 Å². The molecule has 0 bridgehead atoms. The minimum Gasteiger partial charge on any atom is -0.372 e. The largest absolute Gasteiger partial charge is 0.372 e. The fourth-order valence-electron chi connectivity index (χ4n) is 1.93. The van der Waals surface area contributed by atoms with Gasteiger partial charge in [-0.05, 0) is 25.2 Å². The first-order valence-electron chi connectivity index (χ1n) is 5.09. The number of nitrogens with zero attached hydrogens (tertiary/aromatic N) is 1. The first-order valence-corrected chi connectivity index (χ1v) is 5.09. The van der Waals surface area contributed by atoms with Crippen LogP contribution in [0.15, 0.2) is 24.3 Å². The molecule has 0 N–H and O–H groups in total. The van der Waals surface area contributed by atoms with Gasteiger partial charge in [0.15, 0.2) is 0 Å². The van der Waals surface area contributed by atoms with Gasteiger partial charge in [0.25, 0.3) is 0 Å². The lowest BCUT2D eigenvalue weighted by Crippen LogP contribution is -2.32. The van der Waals surface area contributed by atoms with Crippen molar-refractivity contribution in [2.75, 3.05) is 20.6 Å². The van der Waals surface area contributed by atoms with Gasteiger partial charge in [-0.15, -0.1) is 0 Å². The number of hydrogen-bond donors (Lipinski definition) is 0. The van der Waals surface area contributed by atoms with Crippen LogP contribution in [0, 0.1) is 0 Å². The van der Waals surface area contributed by atoms with E-state index in [4.69, 9.17) is 4.74 Å². The smallest absolute Gasteiger partial charge is 0.0746 e. The van der Waals surface area contributed by atoms with E-state index >= 15 is 0 Å². The summed E-state index contributed by atoms with van der Waals surface area (Å²) in [6.45, 7) is 1.78. The zero-order chi connectivity index (χ0) is 9.97. The van der Waals surface area contributed by atoms with Crippen molar-refractivity contribution >= 4 is 0 Å². The van der Waals surface area contributed by atoms with Crippen molar-refractivity contribution in [1.29, 1.82) is 0 Å². The molecule has 0 aromatic heterocycles. The van der Waals surface area contributed by atoms with Crippen LogP contribution < -0.4 is 0 Å². The van der Waals surface area contributed by atoms with Crippen LogP contribution in [0.2, 0.25) is 0 Å². The zero-order valence-corrected chi connectivity index (χ0v) is 8.86. The molecule has 0 unspecified atom stereocenters. The van der Waals surface area contributed by atoms with E-state index in [9.17, 15) is 0 Å². The molecule has 2 heteroatoms. The summed E-state index contributed by atoms with van der Waals surface area (Å²) in [5, 5.41) is 0. The molecular formula is C12H17NO. The number of likely N-dealkylation sites (N-methyl/N-ethyl adjacent to an activating group) is 1. The molecular weight excluding hydrogens is 174 g/mol. The van der Waals surface area contributed by atoms with Crippen LogP contribution in [0.5, 0.6) is 0 Å². The highest BCUT2D eigenvalue weighted by molar-refractivity contribution is 5.28. The fourth-order valence-corrected chi connectivity index (χ4v) is 1.93. The predicted molar refractivity (Wildman–Crippen MR) is 57.3 cm³/mol. The summed E-state index contributed by atoms with van der Waals surface area (Å²) in [7, 11) is 4.17. The van der Waals surface area contributed by atoms with E-state index in [2.05, 4.69) is 43.3 Å². The summed E-state index contributed by atoms with van der Waals surface area (Å²) in [5.74, 6) is 0. The second kappa shape index (κ2) is 4.11. The minimum atomic E-state index is 0.361. The van der Waals surface area contributed by atoms with Crippen molar-refractivity contribution in [3.05, 3.63) is 35.4 Å². The highest BCUT2D eigenvalue weighted by Crippen LogP contribution is 2.20. The number of ether oxygens (including phenoxy) is 1. The van der Waals surface area contributed by atoms with Crippen molar-refractivity contribution in [2.45, 2.75) is 19.1 Å².